The normalized spacial score (nSPS) is 16.5. The van der Waals surface area contributed by atoms with Crippen molar-refractivity contribution in [2.75, 3.05) is 18.5 Å². The largest absolute Gasteiger partial charge is 0.486 e. The maximum absolute atomic E-state index is 5.93. The monoisotopic (exact) mass is 285 g/mol. The topological polar surface area (TPSA) is 56.3 Å². The molecule has 0 saturated heterocycles. The van der Waals surface area contributed by atoms with E-state index >= 15 is 0 Å². The minimum absolute atomic E-state index is 0.0649. The summed E-state index contributed by atoms with van der Waals surface area (Å²) < 4.78 is 11.6. The zero-order valence-corrected chi connectivity index (χ0v) is 12.1. The van der Waals surface area contributed by atoms with Crippen molar-refractivity contribution in [2.45, 2.75) is 25.9 Å². The van der Waals surface area contributed by atoms with E-state index in [0.29, 0.717) is 6.61 Å². The molecule has 0 saturated carbocycles. The number of nitrogens with zero attached hydrogens (tertiary/aromatic N) is 2. The molecule has 1 aliphatic heterocycles. The van der Waals surface area contributed by atoms with Gasteiger partial charge in [-0.05, 0) is 44.0 Å². The minimum Gasteiger partial charge on any atom is -0.486 e. The van der Waals surface area contributed by atoms with Gasteiger partial charge < -0.3 is 14.8 Å². The molecular weight excluding hydrogens is 266 g/mol. The summed E-state index contributed by atoms with van der Waals surface area (Å²) in [6.07, 6.45) is 1.76. The summed E-state index contributed by atoms with van der Waals surface area (Å²) in [6.45, 7) is 3.47. The second kappa shape index (κ2) is 6.43. The van der Waals surface area contributed by atoms with Crippen molar-refractivity contribution in [3.05, 3.63) is 42.1 Å². The molecule has 0 spiro atoms. The van der Waals surface area contributed by atoms with Gasteiger partial charge in [0, 0.05) is 6.54 Å². The minimum atomic E-state index is 0.0649. The number of aryl methyl sites for hydroxylation is 1. The van der Waals surface area contributed by atoms with E-state index in [-0.39, 0.29) is 6.10 Å². The number of ether oxygens (including phenoxy) is 2. The van der Waals surface area contributed by atoms with Crippen LogP contribution in [0.3, 0.4) is 0 Å². The summed E-state index contributed by atoms with van der Waals surface area (Å²) in [7, 11) is 0. The fourth-order valence-electron chi connectivity index (χ4n) is 2.28. The number of anilines is 1. The Morgan fingerprint density at radius 3 is 2.76 bits per heavy atom. The van der Waals surface area contributed by atoms with Gasteiger partial charge in [-0.3, -0.25) is 0 Å². The summed E-state index contributed by atoms with van der Waals surface area (Å²) in [5, 5.41) is 11.5. The number of rotatable bonds is 5. The second-order valence-electron chi connectivity index (χ2n) is 4.98. The molecule has 1 aromatic heterocycles. The lowest BCUT2D eigenvalue weighted by Crippen LogP contribution is -2.29. The van der Waals surface area contributed by atoms with Crippen LogP contribution in [-0.2, 0) is 6.42 Å². The van der Waals surface area contributed by atoms with Gasteiger partial charge in [0.15, 0.2) is 11.5 Å². The van der Waals surface area contributed by atoms with E-state index in [0.717, 1.165) is 42.4 Å². The van der Waals surface area contributed by atoms with E-state index in [2.05, 4.69) is 15.5 Å². The van der Waals surface area contributed by atoms with E-state index < -0.39 is 0 Å². The van der Waals surface area contributed by atoms with Crippen molar-refractivity contribution in [1.82, 2.24) is 10.2 Å². The molecule has 0 aliphatic carbocycles. The number of para-hydroxylation sites is 2. The summed E-state index contributed by atoms with van der Waals surface area (Å²) >= 11 is 0. The Bertz CT molecular complexity index is 586. The van der Waals surface area contributed by atoms with Gasteiger partial charge in [0.1, 0.15) is 18.5 Å². The SMILES string of the molecule is CCNc1ccc(CC[C@H]2COc3ccccc3O2)nn1. The zero-order valence-electron chi connectivity index (χ0n) is 12.1. The standard InChI is InChI=1S/C16H19N3O2/c1-2-17-16-10-8-12(18-19-16)7-9-13-11-20-14-5-3-4-6-15(14)21-13/h3-6,8,10,13H,2,7,9,11H2,1H3,(H,17,19)/t13-/m0/s1. The average molecular weight is 285 g/mol. The van der Waals surface area contributed by atoms with Crippen LogP contribution in [0.15, 0.2) is 36.4 Å². The second-order valence-corrected chi connectivity index (χ2v) is 4.98. The van der Waals surface area contributed by atoms with Gasteiger partial charge in [-0.25, -0.2) is 0 Å². The number of fused-ring (bicyclic) bond motifs is 1. The molecule has 5 nitrogen and oxygen atoms in total. The molecule has 110 valence electrons. The first-order chi connectivity index (χ1) is 10.3. The van der Waals surface area contributed by atoms with Gasteiger partial charge in [0.25, 0.3) is 0 Å². The molecule has 0 fully saturated rings. The lowest BCUT2D eigenvalue weighted by atomic mass is 10.1. The Labute approximate surface area is 124 Å². The van der Waals surface area contributed by atoms with Crippen molar-refractivity contribution in [2.24, 2.45) is 0 Å². The molecule has 0 amide bonds. The number of hydrogen-bond donors (Lipinski definition) is 1. The Balaban J connectivity index is 1.54. The Kier molecular flexibility index (Phi) is 4.19. The third-order valence-corrected chi connectivity index (χ3v) is 3.37. The summed E-state index contributed by atoms with van der Waals surface area (Å²) in [4.78, 5) is 0. The van der Waals surface area contributed by atoms with E-state index in [9.17, 15) is 0 Å². The maximum Gasteiger partial charge on any atom is 0.161 e. The van der Waals surface area contributed by atoms with E-state index in [4.69, 9.17) is 9.47 Å². The molecule has 1 aliphatic rings. The van der Waals surface area contributed by atoms with Crippen molar-refractivity contribution in [3.63, 3.8) is 0 Å². The summed E-state index contributed by atoms with van der Waals surface area (Å²) in [6, 6.07) is 11.7. The van der Waals surface area contributed by atoms with Crippen molar-refractivity contribution < 1.29 is 9.47 Å². The molecule has 3 rings (SSSR count). The molecule has 1 aromatic carbocycles. The van der Waals surface area contributed by atoms with Crippen LogP contribution in [0.25, 0.3) is 0 Å². The molecule has 2 heterocycles. The van der Waals surface area contributed by atoms with Crippen molar-refractivity contribution in [1.29, 1.82) is 0 Å². The molecule has 21 heavy (non-hydrogen) atoms. The van der Waals surface area contributed by atoms with Crippen LogP contribution < -0.4 is 14.8 Å². The van der Waals surface area contributed by atoms with Crippen molar-refractivity contribution >= 4 is 5.82 Å². The highest BCUT2D eigenvalue weighted by atomic mass is 16.6. The third kappa shape index (κ3) is 3.42. The lowest BCUT2D eigenvalue weighted by Gasteiger charge is -2.26. The van der Waals surface area contributed by atoms with Crippen LogP contribution in [0.4, 0.5) is 5.82 Å². The maximum atomic E-state index is 5.93. The molecule has 0 radical (unpaired) electrons. The highest BCUT2D eigenvalue weighted by Gasteiger charge is 2.20. The van der Waals surface area contributed by atoms with Gasteiger partial charge in [0.2, 0.25) is 0 Å². The predicted octanol–water partition coefficient (Wildman–Crippen LogP) is 2.68. The summed E-state index contributed by atoms with van der Waals surface area (Å²) in [5.74, 6) is 2.46. The first-order valence-corrected chi connectivity index (χ1v) is 7.30. The quantitative estimate of drug-likeness (QED) is 0.915. The number of hydrogen-bond acceptors (Lipinski definition) is 5. The van der Waals surface area contributed by atoms with Crippen LogP contribution in [0.2, 0.25) is 0 Å². The number of aromatic nitrogens is 2. The van der Waals surface area contributed by atoms with Gasteiger partial charge in [-0.15, -0.1) is 5.10 Å². The smallest absolute Gasteiger partial charge is 0.161 e. The highest BCUT2D eigenvalue weighted by molar-refractivity contribution is 5.40. The lowest BCUT2D eigenvalue weighted by molar-refractivity contribution is 0.0849. The number of nitrogens with one attached hydrogen (secondary N) is 1. The van der Waals surface area contributed by atoms with E-state index in [1.807, 2.05) is 43.3 Å². The van der Waals surface area contributed by atoms with Crippen LogP contribution in [0, 0.1) is 0 Å². The first-order valence-electron chi connectivity index (χ1n) is 7.30. The zero-order chi connectivity index (χ0) is 14.5. The third-order valence-electron chi connectivity index (χ3n) is 3.37. The van der Waals surface area contributed by atoms with Gasteiger partial charge >= 0.3 is 0 Å². The highest BCUT2D eigenvalue weighted by Crippen LogP contribution is 2.31. The van der Waals surface area contributed by atoms with Crippen LogP contribution in [0.5, 0.6) is 11.5 Å². The van der Waals surface area contributed by atoms with Crippen molar-refractivity contribution in [3.8, 4) is 11.5 Å². The Hall–Kier alpha value is -2.30. The van der Waals surface area contributed by atoms with Gasteiger partial charge in [-0.1, -0.05) is 12.1 Å². The molecule has 5 heteroatoms. The molecule has 0 unspecified atom stereocenters. The fourth-order valence-corrected chi connectivity index (χ4v) is 2.28. The van der Waals surface area contributed by atoms with Crippen LogP contribution in [-0.4, -0.2) is 29.5 Å². The molecule has 0 bridgehead atoms. The van der Waals surface area contributed by atoms with E-state index in [1.165, 1.54) is 0 Å². The molecular formula is C16H19N3O2. The van der Waals surface area contributed by atoms with Crippen LogP contribution >= 0.6 is 0 Å². The van der Waals surface area contributed by atoms with E-state index in [1.54, 1.807) is 0 Å². The van der Waals surface area contributed by atoms with Gasteiger partial charge in [0.05, 0.1) is 5.69 Å². The molecule has 1 N–H and O–H groups in total. The first kappa shape index (κ1) is 13.7. The Morgan fingerprint density at radius 1 is 1.14 bits per heavy atom. The Morgan fingerprint density at radius 2 is 2.00 bits per heavy atom. The van der Waals surface area contributed by atoms with Gasteiger partial charge in [-0.2, -0.15) is 5.10 Å². The average Bonchev–Trinajstić information content (AvgIpc) is 2.54. The molecule has 1 atom stereocenters. The summed E-state index contributed by atoms with van der Waals surface area (Å²) in [5.41, 5.74) is 0.971. The predicted molar refractivity (Wildman–Crippen MR) is 80.9 cm³/mol. The van der Waals surface area contributed by atoms with Crippen LogP contribution in [0.1, 0.15) is 19.0 Å². The molecule has 2 aromatic rings. The number of benzene rings is 1. The fraction of sp³-hybridized carbons (Fsp3) is 0.375.